The summed E-state index contributed by atoms with van der Waals surface area (Å²) in [7, 11) is 0. The Kier molecular flexibility index (Phi) is 5.42. The van der Waals surface area contributed by atoms with E-state index in [0.29, 0.717) is 29.6 Å². The number of rotatable bonds is 4. The third-order valence-corrected chi connectivity index (χ3v) is 4.42. The molecule has 0 unspecified atom stereocenters. The number of halogens is 1. The maximum atomic E-state index is 12.2. The Balaban J connectivity index is 2.53. The number of benzene rings is 1. The topological polar surface area (TPSA) is 43.6 Å². The summed E-state index contributed by atoms with van der Waals surface area (Å²) in [6.07, 6.45) is 0. The van der Waals surface area contributed by atoms with Crippen LogP contribution in [-0.2, 0) is 16.1 Å². The van der Waals surface area contributed by atoms with Crippen LogP contribution in [0.1, 0.15) is 27.7 Å². The van der Waals surface area contributed by atoms with E-state index in [-0.39, 0.29) is 5.91 Å². The first-order chi connectivity index (χ1) is 10.3. The van der Waals surface area contributed by atoms with Crippen LogP contribution in [0.5, 0.6) is 0 Å². The molecule has 0 aliphatic rings. The van der Waals surface area contributed by atoms with E-state index in [1.165, 1.54) is 11.3 Å². The number of ether oxygens (including phenoxy) is 1. The molecule has 1 amide bonds. The third kappa shape index (κ3) is 3.97. The molecule has 2 rings (SSSR count). The zero-order valence-corrected chi connectivity index (χ0v) is 14.9. The summed E-state index contributed by atoms with van der Waals surface area (Å²) in [6, 6.07) is 5.71. The number of thiazole rings is 1. The fraction of sp³-hybridized carbons (Fsp3) is 0.500. The lowest BCUT2D eigenvalue weighted by atomic mass is 9.96. The van der Waals surface area contributed by atoms with Gasteiger partial charge in [0.05, 0.1) is 16.8 Å². The van der Waals surface area contributed by atoms with Crippen LogP contribution in [0.2, 0.25) is 5.02 Å². The molecular formula is C16H21ClN2O2S. The number of carbonyl (C=O) groups excluding carboxylic acids is 1. The Labute approximate surface area is 139 Å². The predicted octanol–water partition coefficient (Wildman–Crippen LogP) is 3.87. The van der Waals surface area contributed by atoms with Gasteiger partial charge in [-0.05, 0) is 25.1 Å². The van der Waals surface area contributed by atoms with E-state index in [0.717, 1.165) is 10.2 Å². The molecule has 1 heterocycles. The monoisotopic (exact) mass is 340 g/mol. The standard InChI is InChI=1S/C16H21ClN2O2S/c1-5-21-9-8-19-12-7-6-11(17)10-13(12)22-15(19)18-14(20)16(2,3)4/h6-7,10H,5,8-9H2,1-4H3. The first-order valence-electron chi connectivity index (χ1n) is 7.28. The Bertz CT molecular complexity index is 741. The molecule has 0 aliphatic carbocycles. The van der Waals surface area contributed by atoms with Gasteiger partial charge in [0.2, 0.25) is 0 Å². The molecule has 2 aromatic rings. The van der Waals surface area contributed by atoms with E-state index in [9.17, 15) is 4.79 Å². The normalized spacial score (nSPS) is 13.0. The van der Waals surface area contributed by atoms with Crippen molar-refractivity contribution in [2.24, 2.45) is 10.4 Å². The van der Waals surface area contributed by atoms with Crippen LogP contribution >= 0.6 is 22.9 Å². The molecule has 4 nitrogen and oxygen atoms in total. The molecule has 0 radical (unpaired) electrons. The molecular weight excluding hydrogens is 320 g/mol. The average Bonchev–Trinajstić information content (AvgIpc) is 2.75. The lowest BCUT2D eigenvalue weighted by Crippen LogP contribution is -2.24. The highest BCUT2D eigenvalue weighted by atomic mass is 35.5. The molecule has 0 spiro atoms. The van der Waals surface area contributed by atoms with Crippen molar-refractivity contribution in [3.63, 3.8) is 0 Å². The molecule has 1 aromatic carbocycles. The van der Waals surface area contributed by atoms with E-state index in [1.807, 2.05) is 50.5 Å². The summed E-state index contributed by atoms with van der Waals surface area (Å²) in [4.78, 5) is 17.2. The molecule has 1 aromatic heterocycles. The van der Waals surface area contributed by atoms with Crippen LogP contribution in [0.4, 0.5) is 0 Å². The number of amides is 1. The van der Waals surface area contributed by atoms with Gasteiger partial charge in [-0.25, -0.2) is 0 Å². The number of nitrogens with zero attached hydrogens (tertiary/aromatic N) is 2. The molecule has 0 saturated heterocycles. The van der Waals surface area contributed by atoms with Crippen molar-refractivity contribution in [1.82, 2.24) is 4.57 Å². The summed E-state index contributed by atoms with van der Waals surface area (Å²) in [5.41, 5.74) is 0.528. The van der Waals surface area contributed by atoms with Crippen LogP contribution in [0, 0.1) is 5.41 Å². The number of hydrogen-bond acceptors (Lipinski definition) is 3. The highest BCUT2D eigenvalue weighted by molar-refractivity contribution is 7.16. The molecule has 0 saturated carbocycles. The van der Waals surface area contributed by atoms with Crippen molar-refractivity contribution in [2.75, 3.05) is 13.2 Å². The molecule has 0 fully saturated rings. The van der Waals surface area contributed by atoms with Crippen molar-refractivity contribution < 1.29 is 9.53 Å². The number of carbonyl (C=O) groups is 1. The van der Waals surface area contributed by atoms with Crippen molar-refractivity contribution >= 4 is 39.1 Å². The van der Waals surface area contributed by atoms with Gasteiger partial charge in [-0.15, -0.1) is 0 Å². The zero-order valence-electron chi connectivity index (χ0n) is 13.4. The van der Waals surface area contributed by atoms with E-state index < -0.39 is 5.41 Å². The molecule has 0 atom stereocenters. The van der Waals surface area contributed by atoms with E-state index in [2.05, 4.69) is 4.99 Å². The molecule has 0 bridgehead atoms. The minimum atomic E-state index is -0.494. The third-order valence-electron chi connectivity index (χ3n) is 3.15. The van der Waals surface area contributed by atoms with Crippen molar-refractivity contribution in [3.05, 3.63) is 28.0 Å². The van der Waals surface area contributed by atoms with Crippen LogP contribution in [0.15, 0.2) is 23.2 Å². The smallest absolute Gasteiger partial charge is 0.253 e. The lowest BCUT2D eigenvalue weighted by Gasteiger charge is -2.12. The van der Waals surface area contributed by atoms with Gasteiger partial charge in [-0.3, -0.25) is 4.79 Å². The van der Waals surface area contributed by atoms with E-state index in [4.69, 9.17) is 16.3 Å². The van der Waals surface area contributed by atoms with Gasteiger partial charge in [0.25, 0.3) is 5.91 Å². The molecule has 0 aliphatic heterocycles. The quantitative estimate of drug-likeness (QED) is 0.793. The Hall–Kier alpha value is -1.17. The highest BCUT2D eigenvalue weighted by Gasteiger charge is 2.21. The second-order valence-electron chi connectivity index (χ2n) is 6.01. The van der Waals surface area contributed by atoms with Gasteiger partial charge in [0.15, 0.2) is 4.80 Å². The summed E-state index contributed by atoms with van der Waals surface area (Å²) in [6.45, 7) is 9.48. The highest BCUT2D eigenvalue weighted by Crippen LogP contribution is 2.22. The van der Waals surface area contributed by atoms with Crippen LogP contribution in [-0.4, -0.2) is 23.7 Å². The average molecular weight is 341 g/mol. The zero-order chi connectivity index (χ0) is 16.3. The Morgan fingerprint density at radius 3 is 2.77 bits per heavy atom. The van der Waals surface area contributed by atoms with E-state index >= 15 is 0 Å². The van der Waals surface area contributed by atoms with Crippen LogP contribution in [0.3, 0.4) is 0 Å². The number of hydrogen-bond donors (Lipinski definition) is 0. The minimum absolute atomic E-state index is 0.129. The largest absolute Gasteiger partial charge is 0.380 e. The van der Waals surface area contributed by atoms with Crippen molar-refractivity contribution in [3.8, 4) is 0 Å². The number of fused-ring (bicyclic) bond motifs is 1. The molecule has 120 valence electrons. The Morgan fingerprint density at radius 2 is 2.14 bits per heavy atom. The van der Waals surface area contributed by atoms with Gasteiger partial charge in [0, 0.05) is 23.6 Å². The molecule has 6 heteroatoms. The first-order valence-corrected chi connectivity index (χ1v) is 8.48. The fourth-order valence-corrected chi connectivity index (χ4v) is 3.23. The van der Waals surface area contributed by atoms with Gasteiger partial charge < -0.3 is 9.30 Å². The molecule has 22 heavy (non-hydrogen) atoms. The summed E-state index contributed by atoms with van der Waals surface area (Å²) < 4.78 is 8.48. The summed E-state index contributed by atoms with van der Waals surface area (Å²) in [5.74, 6) is -0.129. The predicted molar refractivity (Wildman–Crippen MR) is 91.3 cm³/mol. The van der Waals surface area contributed by atoms with E-state index in [1.54, 1.807) is 0 Å². The maximum Gasteiger partial charge on any atom is 0.253 e. The minimum Gasteiger partial charge on any atom is -0.380 e. The second-order valence-corrected chi connectivity index (χ2v) is 7.46. The van der Waals surface area contributed by atoms with Crippen molar-refractivity contribution in [1.29, 1.82) is 0 Å². The van der Waals surface area contributed by atoms with Crippen LogP contribution in [0.25, 0.3) is 10.2 Å². The first kappa shape index (κ1) is 17.2. The summed E-state index contributed by atoms with van der Waals surface area (Å²) >= 11 is 7.54. The lowest BCUT2D eigenvalue weighted by molar-refractivity contribution is -0.125. The second kappa shape index (κ2) is 6.94. The van der Waals surface area contributed by atoms with Crippen molar-refractivity contribution in [2.45, 2.75) is 34.2 Å². The number of aromatic nitrogens is 1. The van der Waals surface area contributed by atoms with Crippen LogP contribution < -0.4 is 4.80 Å². The van der Waals surface area contributed by atoms with Gasteiger partial charge in [-0.2, -0.15) is 4.99 Å². The SMILES string of the molecule is CCOCCn1c(=NC(=O)C(C)(C)C)sc2cc(Cl)ccc21. The van der Waals surface area contributed by atoms with Gasteiger partial charge in [0.1, 0.15) is 0 Å². The Morgan fingerprint density at radius 1 is 1.41 bits per heavy atom. The van der Waals surface area contributed by atoms with Gasteiger partial charge in [-0.1, -0.05) is 43.7 Å². The molecule has 0 N–H and O–H groups in total. The maximum absolute atomic E-state index is 12.2. The van der Waals surface area contributed by atoms with Gasteiger partial charge >= 0.3 is 0 Å². The summed E-state index contributed by atoms with van der Waals surface area (Å²) in [5, 5.41) is 0.680. The fourth-order valence-electron chi connectivity index (χ4n) is 1.90.